The second-order valence-electron chi connectivity index (χ2n) is 2.93. The van der Waals surface area contributed by atoms with Crippen LogP contribution in [0.4, 0.5) is 0 Å². The molecular formula is C12H14N4Pt+2. The molecule has 90 valence electrons. The van der Waals surface area contributed by atoms with Crippen molar-refractivity contribution in [3.63, 3.8) is 0 Å². The van der Waals surface area contributed by atoms with Crippen LogP contribution < -0.4 is 0 Å². The third-order valence-corrected chi connectivity index (χ3v) is 1.72. The van der Waals surface area contributed by atoms with Gasteiger partial charge < -0.3 is 11.5 Å². The van der Waals surface area contributed by atoms with Crippen LogP contribution in [0.2, 0.25) is 0 Å². The Morgan fingerprint density at radius 2 is 1.18 bits per heavy atom. The zero-order valence-electron chi connectivity index (χ0n) is 9.24. The fraction of sp³-hybridized carbons (Fsp3) is 0.167. The van der Waals surface area contributed by atoms with Gasteiger partial charge >= 0.3 is 21.1 Å². The van der Waals surface area contributed by atoms with Crippen molar-refractivity contribution < 1.29 is 21.1 Å². The van der Waals surface area contributed by atoms with E-state index in [0.717, 1.165) is 11.4 Å². The molecule has 0 aliphatic heterocycles. The molecule has 2 heterocycles. The Morgan fingerprint density at radius 3 is 1.41 bits per heavy atom. The molecule has 0 spiro atoms. The first-order valence-corrected chi connectivity index (χ1v) is 5.00. The molecule has 0 radical (unpaired) electrons. The van der Waals surface area contributed by atoms with Crippen LogP contribution in [0.1, 0.15) is 0 Å². The Kier molecular flexibility index (Phi) is 9.44. The van der Waals surface area contributed by atoms with Gasteiger partial charge in [0, 0.05) is 12.4 Å². The SMILES string of the molecule is [NH-]CC[NH-].[Pt+4].c1ccc(-c2ccccn2)nc1. The van der Waals surface area contributed by atoms with E-state index in [1.54, 1.807) is 12.4 Å². The van der Waals surface area contributed by atoms with Gasteiger partial charge in [-0.05, 0) is 24.3 Å². The molecule has 0 aliphatic rings. The molecule has 0 unspecified atom stereocenters. The van der Waals surface area contributed by atoms with E-state index in [-0.39, 0.29) is 34.2 Å². The summed E-state index contributed by atoms with van der Waals surface area (Å²) in [5.74, 6) is 0. The van der Waals surface area contributed by atoms with Crippen molar-refractivity contribution in [1.82, 2.24) is 9.97 Å². The van der Waals surface area contributed by atoms with E-state index < -0.39 is 0 Å². The van der Waals surface area contributed by atoms with Crippen molar-refractivity contribution >= 4 is 0 Å². The van der Waals surface area contributed by atoms with Crippen LogP contribution in [0, 0.1) is 0 Å². The van der Waals surface area contributed by atoms with E-state index >= 15 is 0 Å². The van der Waals surface area contributed by atoms with Gasteiger partial charge in [0.1, 0.15) is 0 Å². The van der Waals surface area contributed by atoms with Gasteiger partial charge in [0.25, 0.3) is 0 Å². The Hall–Kier alpha value is -1.09. The molecule has 0 aromatic carbocycles. The molecule has 2 aromatic rings. The number of nitrogens with zero attached hydrogens (tertiary/aromatic N) is 2. The van der Waals surface area contributed by atoms with Gasteiger partial charge in [0.05, 0.1) is 11.4 Å². The molecule has 0 saturated heterocycles. The number of hydrogen-bond donors (Lipinski definition) is 0. The first-order chi connectivity index (χ1) is 7.88. The molecular weight excluding hydrogens is 395 g/mol. The van der Waals surface area contributed by atoms with E-state index in [0.29, 0.717) is 0 Å². The quantitative estimate of drug-likeness (QED) is 0.764. The van der Waals surface area contributed by atoms with Crippen LogP contribution in [-0.4, -0.2) is 23.1 Å². The molecule has 17 heavy (non-hydrogen) atoms. The summed E-state index contributed by atoms with van der Waals surface area (Å²) in [6.07, 6.45) is 3.54. The monoisotopic (exact) mass is 409 g/mol. The molecule has 0 saturated carbocycles. The maximum Gasteiger partial charge on any atom is 4.00 e. The van der Waals surface area contributed by atoms with Crippen molar-refractivity contribution in [1.29, 1.82) is 0 Å². The molecule has 2 aromatic heterocycles. The van der Waals surface area contributed by atoms with E-state index in [9.17, 15) is 0 Å². The first-order valence-electron chi connectivity index (χ1n) is 5.00. The minimum absolute atomic E-state index is 0. The van der Waals surface area contributed by atoms with Crippen LogP contribution in [-0.2, 0) is 21.1 Å². The van der Waals surface area contributed by atoms with Gasteiger partial charge in [-0.2, -0.15) is 13.1 Å². The molecule has 0 amide bonds. The number of rotatable bonds is 2. The van der Waals surface area contributed by atoms with Crippen LogP contribution in [0.3, 0.4) is 0 Å². The molecule has 4 nitrogen and oxygen atoms in total. The molecule has 0 atom stereocenters. The van der Waals surface area contributed by atoms with Crippen LogP contribution in [0.15, 0.2) is 48.8 Å². The molecule has 2 N–H and O–H groups in total. The van der Waals surface area contributed by atoms with Crippen molar-refractivity contribution in [3.05, 3.63) is 60.3 Å². The summed E-state index contributed by atoms with van der Waals surface area (Å²) in [7, 11) is 0. The molecule has 5 heteroatoms. The smallest absolute Gasteiger partial charge is 0.679 e. The third kappa shape index (κ3) is 6.27. The summed E-state index contributed by atoms with van der Waals surface area (Å²) in [4.78, 5) is 8.37. The first kappa shape index (κ1) is 15.9. The number of aromatic nitrogens is 2. The average molecular weight is 409 g/mol. The number of pyridine rings is 2. The van der Waals surface area contributed by atoms with E-state index in [2.05, 4.69) is 9.97 Å². The fourth-order valence-corrected chi connectivity index (χ4v) is 1.03. The van der Waals surface area contributed by atoms with Gasteiger partial charge in [0.15, 0.2) is 0 Å². The average Bonchev–Trinajstić information content (AvgIpc) is 2.41. The zero-order valence-corrected chi connectivity index (χ0v) is 11.5. The Bertz CT molecular complexity index is 341. The van der Waals surface area contributed by atoms with Crippen molar-refractivity contribution in [2.75, 3.05) is 13.1 Å². The third-order valence-electron chi connectivity index (χ3n) is 1.72. The van der Waals surface area contributed by atoms with E-state index in [1.165, 1.54) is 0 Å². The summed E-state index contributed by atoms with van der Waals surface area (Å²) in [5, 5.41) is 0. The Balaban J connectivity index is 0.000000453. The standard InChI is InChI=1S/C10H8N2.C2H6N2.Pt/c1-3-7-11-9(5-1)10-6-2-4-8-12-10;3-1-2-4;/h1-8H;3-4H,1-2H2;/q;-2;+4. The predicted molar refractivity (Wildman–Crippen MR) is 65.8 cm³/mol. The van der Waals surface area contributed by atoms with Crippen LogP contribution in [0.25, 0.3) is 22.9 Å². The zero-order chi connectivity index (χ0) is 11.6. The van der Waals surface area contributed by atoms with Gasteiger partial charge in [-0.25, -0.2) is 0 Å². The van der Waals surface area contributed by atoms with Gasteiger partial charge in [-0.15, -0.1) is 0 Å². The number of nitrogens with one attached hydrogen (secondary N) is 2. The molecule has 0 fully saturated rings. The summed E-state index contributed by atoms with van der Waals surface area (Å²) in [5.41, 5.74) is 14.4. The maximum absolute atomic E-state index is 6.26. The maximum atomic E-state index is 6.26. The Labute approximate surface area is 116 Å². The number of hydrogen-bond acceptors (Lipinski definition) is 2. The van der Waals surface area contributed by atoms with E-state index in [4.69, 9.17) is 11.5 Å². The molecule has 2 rings (SSSR count). The Morgan fingerprint density at radius 1 is 0.765 bits per heavy atom. The molecule has 0 aliphatic carbocycles. The second kappa shape index (κ2) is 10.1. The summed E-state index contributed by atoms with van der Waals surface area (Å²) in [6, 6.07) is 11.6. The van der Waals surface area contributed by atoms with Gasteiger partial charge in [0.2, 0.25) is 0 Å². The van der Waals surface area contributed by atoms with Crippen molar-refractivity contribution in [2.45, 2.75) is 0 Å². The minimum Gasteiger partial charge on any atom is -0.679 e. The van der Waals surface area contributed by atoms with E-state index in [1.807, 2.05) is 36.4 Å². The largest absolute Gasteiger partial charge is 4.00 e. The normalized spacial score (nSPS) is 8.59. The topological polar surface area (TPSA) is 73.4 Å². The summed E-state index contributed by atoms with van der Waals surface area (Å²) >= 11 is 0. The minimum atomic E-state index is 0. The predicted octanol–water partition coefficient (Wildman–Crippen LogP) is 3.23. The summed E-state index contributed by atoms with van der Waals surface area (Å²) < 4.78 is 0. The van der Waals surface area contributed by atoms with Gasteiger partial charge in [-0.3, -0.25) is 9.97 Å². The van der Waals surface area contributed by atoms with Gasteiger partial charge in [-0.1, -0.05) is 12.1 Å². The second-order valence-corrected chi connectivity index (χ2v) is 2.93. The molecule has 0 bridgehead atoms. The van der Waals surface area contributed by atoms with Crippen LogP contribution in [0.5, 0.6) is 0 Å². The van der Waals surface area contributed by atoms with Crippen LogP contribution >= 0.6 is 0 Å². The van der Waals surface area contributed by atoms with Crippen molar-refractivity contribution in [2.24, 2.45) is 0 Å². The van der Waals surface area contributed by atoms with Crippen molar-refractivity contribution in [3.8, 4) is 11.4 Å². The summed E-state index contributed by atoms with van der Waals surface area (Å²) in [6.45, 7) is 0.472. The fourth-order valence-electron chi connectivity index (χ4n) is 1.03.